The van der Waals surface area contributed by atoms with E-state index in [1.807, 2.05) is 19.1 Å². The summed E-state index contributed by atoms with van der Waals surface area (Å²) in [6.45, 7) is 7.52. The Morgan fingerprint density at radius 1 is 1.20 bits per heavy atom. The van der Waals surface area contributed by atoms with E-state index in [9.17, 15) is 9.59 Å². The van der Waals surface area contributed by atoms with Gasteiger partial charge in [-0.1, -0.05) is 37.1 Å². The molecule has 1 aromatic rings. The van der Waals surface area contributed by atoms with Gasteiger partial charge in [0, 0.05) is 11.6 Å². The smallest absolute Gasteiger partial charge is 0.409 e. The summed E-state index contributed by atoms with van der Waals surface area (Å²) >= 11 is 5.85. The van der Waals surface area contributed by atoms with E-state index in [1.165, 1.54) is 0 Å². The fourth-order valence-electron chi connectivity index (χ4n) is 2.12. The van der Waals surface area contributed by atoms with E-state index >= 15 is 0 Å². The molecule has 1 rings (SSSR count). The summed E-state index contributed by atoms with van der Waals surface area (Å²) in [5.41, 5.74) is 4.88. The maximum atomic E-state index is 12.6. The maximum Gasteiger partial charge on any atom is 0.409 e. The number of ether oxygens (including phenoxy) is 1. The van der Waals surface area contributed by atoms with Gasteiger partial charge in [0.05, 0.1) is 0 Å². The van der Waals surface area contributed by atoms with E-state index in [4.69, 9.17) is 22.1 Å². The molecule has 0 fully saturated rings. The van der Waals surface area contributed by atoms with Gasteiger partial charge in [-0.3, -0.25) is 10.1 Å². The van der Waals surface area contributed by atoms with Crippen LogP contribution in [0.25, 0.3) is 0 Å². The van der Waals surface area contributed by atoms with Crippen molar-refractivity contribution in [3.8, 4) is 0 Å². The topological polar surface area (TPSA) is 93.4 Å². The van der Waals surface area contributed by atoms with Crippen LogP contribution in [0, 0.1) is 0 Å². The normalized spacial score (nSPS) is 13.7. The number of nitrogens with one attached hydrogen (secondary N) is 2. The van der Waals surface area contributed by atoms with Gasteiger partial charge in [-0.05, 0) is 51.3 Å². The Bertz CT molecular complexity index is 584. The highest BCUT2D eigenvalue weighted by Crippen LogP contribution is 2.13. The van der Waals surface area contributed by atoms with E-state index in [0.717, 1.165) is 12.0 Å². The van der Waals surface area contributed by atoms with E-state index in [1.54, 1.807) is 32.9 Å². The molecule has 6 nitrogen and oxygen atoms in total. The largest absolute Gasteiger partial charge is 0.444 e. The summed E-state index contributed by atoms with van der Waals surface area (Å²) in [5, 5.41) is 5.90. The zero-order valence-electron chi connectivity index (χ0n) is 15.3. The second kappa shape index (κ2) is 9.06. The Hall–Kier alpha value is -1.79. The van der Waals surface area contributed by atoms with Crippen molar-refractivity contribution in [1.82, 2.24) is 10.6 Å². The number of hydrogen-bond acceptors (Lipinski definition) is 4. The average molecular weight is 370 g/mol. The van der Waals surface area contributed by atoms with E-state index < -0.39 is 23.3 Å². The van der Waals surface area contributed by atoms with E-state index in [-0.39, 0.29) is 6.54 Å². The number of rotatable bonds is 7. The molecular weight excluding hydrogens is 342 g/mol. The predicted octanol–water partition coefficient (Wildman–Crippen LogP) is 3.33. The Morgan fingerprint density at radius 3 is 2.32 bits per heavy atom. The lowest BCUT2D eigenvalue weighted by atomic mass is 10.0. The lowest BCUT2D eigenvalue weighted by Gasteiger charge is -2.30. The number of halogens is 1. The number of nitrogens with two attached hydrogens (primary N) is 1. The van der Waals surface area contributed by atoms with Crippen molar-refractivity contribution in [2.45, 2.75) is 64.8 Å². The van der Waals surface area contributed by atoms with Gasteiger partial charge in [0.25, 0.3) is 5.91 Å². The van der Waals surface area contributed by atoms with Crippen LogP contribution in [0.3, 0.4) is 0 Å². The third-order valence-corrected chi connectivity index (χ3v) is 3.67. The molecule has 25 heavy (non-hydrogen) atoms. The Kier molecular flexibility index (Phi) is 7.70. The molecule has 1 unspecified atom stereocenters. The number of carbonyl (C=O) groups is 2. The SMILES string of the molecule is CCCCC(N)(NC(=O)OC(C)(C)C)C(=O)NCc1ccc(Cl)cc1. The third-order valence-electron chi connectivity index (χ3n) is 3.42. The molecule has 0 saturated heterocycles. The van der Waals surface area contributed by atoms with Crippen molar-refractivity contribution < 1.29 is 14.3 Å². The van der Waals surface area contributed by atoms with Gasteiger partial charge in [-0.25, -0.2) is 4.79 Å². The first-order valence-electron chi connectivity index (χ1n) is 8.38. The maximum absolute atomic E-state index is 12.6. The number of benzene rings is 1. The lowest BCUT2D eigenvalue weighted by molar-refractivity contribution is -0.128. The Labute approximate surface area is 154 Å². The van der Waals surface area contributed by atoms with Crippen LogP contribution >= 0.6 is 11.6 Å². The molecule has 0 spiro atoms. The molecule has 7 heteroatoms. The monoisotopic (exact) mass is 369 g/mol. The molecule has 140 valence electrons. The molecule has 0 heterocycles. The zero-order valence-corrected chi connectivity index (χ0v) is 16.1. The number of alkyl carbamates (subject to hydrolysis) is 1. The van der Waals surface area contributed by atoms with Crippen LogP contribution in [0.4, 0.5) is 4.79 Å². The van der Waals surface area contributed by atoms with Crippen LogP contribution in [0.1, 0.15) is 52.5 Å². The van der Waals surface area contributed by atoms with Crippen molar-refractivity contribution >= 4 is 23.6 Å². The second-order valence-corrected chi connectivity index (χ2v) is 7.45. The molecule has 0 aliphatic heterocycles. The summed E-state index contributed by atoms with van der Waals surface area (Å²) in [6, 6.07) is 7.12. The van der Waals surface area contributed by atoms with Crippen molar-refractivity contribution in [3.05, 3.63) is 34.9 Å². The first kappa shape index (κ1) is 21.3. The molecular formula is C18H28ClN3O3. The van der Waals surface area contributed by atoms with Gasteiger partial charge in [0.1, 0.15) is 5.60 Å². The summed E-state index contributed by atoms with van der Waals surface area (Å²) in [7, 11) is 0. The highest BCUT2D eigenvalue weighted by Gasteiger charge is 2.36. The lowest BCUT2D eigenvalue weighted by Crippen LogP contribution is -2.65. The van der Waals surface area contributed by atoms with Crippen LogP contribution in [0.15, 0.2) is 24.3 Å². The first-order chi connectivity index (χ1) is 11.6. The van der Waals surface area contributed by atoms with Crippen molar-refractivity contribution in [3.63, 3.8) is 0 Å². The number of amides is 2. The molecule has 0 aliphatic rings. The number of hydrogen-bond donors (Lipinski definition) is 3. The predicted molar refractivity (Wildman–Crippen MR) is 99.1 cm³/mol. The number of carbonyl (C=O) groups excluding carboxylic acids is 2. The van der Waals surface area contributed by atoms with Crippen LogP contribution in [0.2, 0.25) is 5.02 Å². The average Bonchev–Trinajstić information content (AvgIpc) is 2.50. The molecule has 0 saturated carbocycles. The molecule has 0 aliphatic carbocycles. The fourth-order valence-corrected chi connectivity index (χ4v) is 2.24. The highest BCUT2D eigenvalue weighted by atomic mass is 35.5. The highest BCUT2D eigenvalue weighted by molar-refractivity contribution is 6.30. The molecule has 0 radical (unpaired) electrons. The minimum Gasteiger partial charge on any atom is -0.444 e. The van der Waals surface area contributed by atoms with Crippen molar-refractivity contribution in [2.24, 2.45) is 5.73 Å². The molecule has 0 aromatic heterocycles. The standard InChI is InChI=1S/C18H28ClN3O3/c1-5-6-11-18(20,22-16(24)25-17(2,3)4)15(23)21-12-13-7-9-14(19)10-8-13/h7-10H,5-6,11-12,20H2,1-4H3,(H,21,23)(H,22,24). The molecule has 4 N–H and O–H groups in total. The molecule has 1 aromatic carbocycles. The van der Waals surface area contributed by atoms with Crippen molar-refractivity contribution in [2.75, 3.05) is 0 Å². The van der Waals surface area contributed by atoms with Gasteiger partial charge >= 0.3 is 6.09 Å². The van der Waals surface area contributed by atoms with Crippen molar-refractivity contribution in [1.29, 1.82) is 0 Å². The van der Waals surface area contributed by atoms with Gasteiger partial charge in [0.2, 0.25) is 0 Å². The number of unbranched alkanes of at least 4 members (excludes halogenated alkanes) is 1. The van der Waals surface area contributed by atoms with Crippen LogP contribution in [0.5, 0.6) is 0 Å². The molecule has 0 bridgehead atoms. The van der Waals surface area contributed by atoms with Gasteiger partial charge < -0.3 is 15.8 Å². The van der Waals surface area contributed by atoms with E-state index in [0.29, 0.717) is 17.9 Å². The summed E-state index contributed by atoms with van der Waals surface area (Å²) in [6.07, 6.45) is 1.14. The Balaban J connectivity index is 2.75. The first-order valence-corrected chi connectivity index (χ1v) is 8.76. The molecule has 2 amide bonds. The van der Waals surface area contributed by atoms with Crippen LogP contribution in [-0.4, -0.2) is 23.3 Å². The van der Waals surface area contributed by atoms with Gasteiger partial charge in [0.15, 0.2) is 5.66 Å². The summed E-state index contributed by atoms with van der Waals surface area (Å²) in [4.78, 5) is 24.6. The minimum atomic E-state index is -1.52. The quantitative estimate of drug-likeness (QED) is 0.642. The van der Waals surface area contributed by atoms with Crippen LogP contribution < -0.4 is 16.4 Å². The zero-order chi connectivity index (χ0) is 19.1. The fraction of sp³-hybridized carbons (Fsp3) is 0.556. The second-order valence-electron chi connectivity index (χ2n) is 7.01. The Morgan fingerprint density at radius 2 is 1.80 bits per heavy atom. The summed E-state index contributed by atoms with van der Waals surface area (Å²) in [5.74, 6) is -0.457. The molecule has 1 atom stereocenters. The van der Waals surface area contributed by atoms with Crippen LogP contribution in [-0.2, 0) is 16.1 Å². The van der Waals surface area contributed by atoms with Gasteiger partial charge in [-0.15, -0.1) is 0 Å². The third kappa shape index (κ3) is 7.75. The van der Waals surface area contributed by atoms with E-state index in [2.05, 4.69) is 10.6 Å². The summed E-state index contributed by atoms with van der Waals surface area (Å²) < 4.78 is 5.21. The van der Waals surface area contributed by atoms with Gasteiger partial charge in [-0.2, -0.15) is 0 Å². The minimum absolute atomic E-state index is 0.289.